The molecule has 0 spiro atoms. The van der Waals surface area contributed by atoms with Gasteiger partial charge in [-0.1, -0.05) is 51.8 Å². The lowest BCUT2D eigenvalue weighted by Gasteiger charge is -2.34. The van der Waals surface area contributed by atoms with Crippen LogP contribution in [0.3, 0.4) is 0 Å². The predicted octanol–water partition coefficient (Wildman–Crippen LogP) is 6.99. The van der Waals surface area contributed by atoms with Crippen LogP contribution in [0, 0.1) is 17.8 Å². The molecular formula is C20H33F. The van der Waals surface area contributed by atoms with Gasteiger partial charge in [0.05, 0.1) is 0 Å². The van der Waals surface area contributed by atoms with Crippen LogP contribution in [-0.4, -0.2) is 0 Å². The third-order valence-electron chi connectivity index (χ3n) is 5.05. The largest absolute Gasteiger partial charge is 0.207 e. The van der Waals surface area contributed by atoms with Crippen LogP contribution in [0.25, 0.3) is 0 Å². The van der Waals surface area contributed by atoms with Gasteiger partial charge in [-0.15, -0.1) is 0 Å². The van der Waals surface area contributed by atoms with Gasteiger partial charge in [0.25, 0.3) is 0 Å². The Morgan fingerprint density at radius 1 is 1.19 bits per heavy atom. The minimum absolute atomic E-state index is 0.0169. The molecule has 1 aliphatic rings. The Balaban J connectivity index is 3.00. The molecule has 0 radical (unpaired) electrons. The third-order valence-corrected chi connectivity index (χ3v) is 5.05. The molecule has 0 saturated heterocycles. The molecule has 3 atom stereocenters. The lowest BCUT2D eigenvalue weighted by molar-refractivity contribution is 0.208. The van der Waals surface area contributed by atoms with Gasteiger partial charge < -0.3 is 0 Å². The fourth-order valence-electron chi connectivity index (χ4n) is 3.41. The molecule has 1 saturated carbocycles. The van der Waals surface area contributed by atoms with Crippen LogP contribution in [0.15, 0.2) is 35.2 Å². The quantitative estimate of drug-likeness (QED) is 0.462. The van der Waals surface area contributed by atoms with Gasteiger partial charge in [-0.3, -0.25) is 0 Å². The minimum atomic E-state index is -0.0169. The summed E-state index contributed by atoms with van der Waals surface area (Å²) >= 11 is 0. The van der Waals surface area contributed by atoms with Crippen molar-refractivity contribution in [2.24, 2.45) is 17.8 Å². The van der Waals surface area contributed by atoms with E-state index in [0.717, 1.165) is 37.2 Å². The molecule has 1 rings (SSSR count). The number of allylic oxidation sites excluding steroid dienone is 6. The van der Waals surface area contributed by atoms with Crippen LogP contribution in [-0.2, 0) is 0 Å². The number of hydrogen-bond acceptors (Lipinski definition) is 0. The number of rotatable bonds is 6. The van der Waals surface area contributed by atoms with E-state index in [0.29, 0.717) is 11.8 Å². The second-order valence-corrected chi connectivity index (χ2v) is 6.61. The summed E-state index contributed by atoms with van der Waals surface area (Å²) in [4.78, 5) is 0. The minimum Gasteiger partial charge on any atom is -0.207 e. The zero-order valence-electron chi connectivity index (χ0n) is 14.6. The smallest absolute Gasteiger partial charge is 0.126 e. The number of hydrogen-bond donors (Lipinski definition) is 0. The van der Waals surface area contributed by atoms with Crippen LogP contribution in [0.5, 0.6) is 0 Å². The van der Waals surface area contributed by atoms with Crippen LogP contribution in [0.1, 0.15) is 73.1 Å². The van der Waals surface area contributed by atoms with Gasteiger partial charge in [0, 0.05) is 0 Å². The summed E-state index contributed by atoms with van der Waals surface area (Å²) in [6.45, 7) is 10.9. The Morgan fingerprint density at radius 3 is 2.43 bits per heavy atom. The first-order chi connectivity index (χ1) is 10.0. The predicted molar refractivity (Wildman–Crippen MR) is 91.9 cm³/mol. The molecule has 1 aliphatic carbocycles. The monoisotopic (exact) mass is 292 g/mol. The van der Waals surface area contributed by atoms with Gasteiger partial charge in [-0.2, -0.15) is 0 Å². The van der Waals surface area contributed by atoms with Gasteiger partial charge >= 0.3 is 0 Å². The summed E-state index contributed by atoms with van der Waals surface area (Å²) in [5.74, 6) is 1.91. The van der Waals surface area contributed by atoms with Crippen molar-refractivity contribution in [3.63, 3.8) is 0 Å². The Labute approximate surface area is 131 Å². The molecule has 0 aromatic heterocycles. The van der Waals surface area contributed by atoms with E-state index in [1.807, 2.05) is 13.0 Å². The highest BCUT2D eigenvalue weighted by Crippen LogP contribution is 2.40. The molecule has 0 aromatic rings. The highest BCUT2D eigenvalue weighted by Gasteiger charge is 2.29. The maximum absolute atomic E-state index is 14.6. The zero-order chi connectivity index (χ0) is 15.8. The van der Waals surface area contributed by atoms with Gasteiger partial charge in [0.1, 0.15) is 5.83 Å². The molecular weight excluding hydrogens is 259 g/mol. The van der Waals surface area contributed by atoms with E-state index in [9.17, 15) is 4.39 Å². The maximum atomic E-state index is 14.6. The molecule has 0 amide bonds. The molecule has 120 valence electrons. The van der Waals surface area contributed by atoms with Crippen molar-refractivity contribution in [2.75, 3.05) is 0 Å². The SMILES string of the molecule is CC/C=C/C(F)=C(\C=C(/C)CC)C1CCC(CC)C(C)C1. The Morgan fingerprint density at radius 2 is 1.90 bits per heavy atom. The van der Waals surface area contributed by atoms with Crippen LogP contribution >= 0.6 is 0 Å². The average molecular weight is 292 g/mol. The standard InChI is InChI=1S/C20H33F/c1-6-9-10-20(21)19(13-15(4)7-2)18-12-11-17(8-3)16(5)14-18/h9-10,13,16-18H,6-8,11-12,14H2,1-5H3/b10-9+,15-13+,20-19-. The first-order valence-electron chi connectivity index (χ1n) is 8.76. The normalized spacial score (nSPS) is 28.9. The Hall–Kier alpha value is -0.850. The highest BCUT2D eigenvalue weighted by molar-refractivity contribution is 5.33. The van der Waals surface area contributed by atoms with Crippen molar-refractivity contribution >= 4 is 0 Å². The van der Waals surface area contributed by atoms with E-state index in [1.165, 1.54) is 18.4 Å². The third kappa shape index (κ3) is 5.45. The summed E-state index contributed by atoms with van der Waals surface area (Å²) < 4.78 is 14.6. The molecule has 0 aromatic carbocycles. The van der Waals surface area contributed by atoms with E-state index in [-0.39, 0.29) is 5.83 Å². The van der Waals surface area contributed by atoms with Crippen molar-refractivity contribution in [3.8, 4) is 0 Å². The fraction of sp³-hybridized carbons (Fsp3) is 0.700. The highest BCUT2D eigenvalue weighted by atomic mass is 19.1. The van der Waals surface area contributed by atoms with Gasteiger partial charge in [-0.25, -0.2) is 4.39 Å². The van der Waals surface area contributed by atoms with Gasteiger partial charge in [-0.05, 0) is 68.4 Å². The van der Waals surface area contributed by atoms with Gasteiger partial charge in [0.2, 0.25) is 0 Å². The van der Waals surface area contributed by atoms with E-state index in [4.69, 9.17) is 0 Å². The molecule has 1 heteroatoms. The van der Waals surface area contributed by atoms with E-state index in [2.05, 4.69) is 33.8 Å². The topological polar surface area (TPSA) is 0 Å². The van der Waals surface area contributed by atoms with Crippen molar-refractivity contribution < 1.29 is 4.39 Å². The molecule has 0 N–H and O–H groups in total. The molecule has 3 unspecified atom stereocenters. The van der Waals surface area contributed by atoms with Crippen molar-refractivity contribution in [1.29, 1.82) is 0 Å². The summed E-state index contributed by atoms with van der Waals surface area (Å²) in [5, 5.41) is 0. The molecule has 0 nitrogen and oxygen atoms in total. The van der Waals surface area contributed by atoms with Gasteiger partial charge in [0.15, 0.2) is 0 Å². The lowest BCUT2D eigenvalue weighted by Crippen LogP contribution is -2.23. The van der Waals surface area contributed by atoms with E-state index in [1.54, 1.807) is 6.08 Å². The summed E-state index contributed by atoms with van der Waals surface area (Å²) in [6, 6.07) is 0. The first-order valence-corrected chi connectivity index (χ1v) is 8.76. The second kappa shape index (κ2) is 9.23. The van der Waals surface area contributed by atoms with Crippen LogP contribution in [0.2, 0.25) is 0 Å². The average Bonchev–Trinajstić information content (AvgIpc) is 2.49. The molecule has 0 bridgehead atoms. The first kappa shape index (κ1) is 18.2. The second-order valence-electron chi connectivity index (χ2n) is 6.61. The number of halogens is 1. The fourth-order valence-corrected chi connectivity index (χ4v) is 3.41. The van der Waals surface area contributed by atoms with E-state index < -0.39 is 0 Å². The summed E-state index contributed by atoms with van der Waals surface area (Å²) in [5.41, 5.74) is 2.22. The van der Waals surface area contributed by atoms with Crippen molar-refractivity contribution in [2.45, 2.75) is 73.1 Å². The Bertz CT molecular complexity index is 400. The molecule has 21 heavy (non-hydrogen) atoms. The van der Waals surface area contributed by atoms with Crippen molar-refractivity contribution in [3.05, 3.63) is 35.2 Å². The zero-order valence-corrected chi connectivity index (χ0v) is 14.6. The lowest BCUT2D eigenvalue weighted by atomic mass is 9.71. The summed E-state index contributed by atoms with van der Waals surface area (Å²) in [7, 11) is 0. The molecule has 0 aliphatic heterocycles. The van der Waals surface area contributed by atoms with E-state index >= 15 is 0 Å². The summed E-state index contributed by atoms with van der Waals surface area (Å²) in [6.07, 6.45) is 12.4. The Kier molecular flexibility index (Phi) is 8.00. The van der Waals surface area contributed by atoms with Crippen LogP contribution < -0.4 is 0 Å². The van der Waals surface area contributed by atoms with Crippen molar-refractivity contribution in [1.82, 2.24) is 0 Å². The molecule has 1 fully saturated rings. The maximum Gasteiger partial charge on any atom is 0.126 e. The van der Waals surface area contributed by atoms with Crippen LogP contribution in [0.4, 0.5) is 4.39 Å². The molecule has 0 heterocycles.